The van der Waals surface area contributed by atoms with Gasteiger partial charge < -0.3 is 10.6 Å². The van der Waals surface area contributed by atoms with Crippen molar-refractivity contribution < 1.29 is 9.72 Å². The molecule has 0 aliphatic heterocycles. The van der Waals surface area contributed by atoms with E-state index >= 15 is 0 Å². The minimum atomic E-state index is -0.459. The van der Waals surface area contributed by atoms with Gasteiger partial charge in [0.15, 0.2) is 0 Å². The summed E-state index contributed by atoms with van der Waals surface area (Å²) in [5.41, 5.74) is 0.881. The molecule has 0 aromatic heterocycles. The minimum Gasteiger partial charge on any atom is -0.378 e. The van der Waals surface area contributed by atoms with Gasteiger partial charge in [0.25, 0.3) is 11.6 Å². The first-order valence-electron chi connectivity index (χ1n) is 6.69. The van der Waals surface area contributed by atoms with E-state index in [1.54, 1.807) is 36.4 Å². The van der Waals surface area contributed by atoms with E-state index in [2.05, 4.69) is 26.6 Å². The fourth-order valence-electron chi connectivity index (χ4n) is 1.88. The Morgan fingerprint density at radius 3 is 2.52 bits per heavy atom. The molecule has 0 radical (unpaired) electrons. The molecular weight excluding hydrogens is 386 g/mol. The van der Waals surface area contributed by atoms with E-state index in [1.165, 1.54) is 6.07 Å². The van der Waals surface area contributed by atoms with E-state index < -0.39 is 4.92 Å². The number of benzene rings is 2. The molecule has 6 nitrogen and oxygen atoms in total. The number of nitrogens with zero attached hydrogens (tertiary/aromatic N) is 1. The lowest BCUT2D eigenvalue weighted by molar-refractivity contribution is -0.384. The second kappa shape index (κ2) is 7.94. The number of rotatable bonds is 6. The smallest absolute Gasteiger partial charge is 0.293 e. The largest absolute Gasteiger partial charge is 0.378 e. The number of hydrogen-bond donors (Lipinski definition) is 2. The van der Waals surface area contributed by atoms with Crippen LogP contribution in [0.4, 0.5) is 11.4 Å². The van der Waals surface area contributed by atoms with Crippen LogP contribution in [0.2, 0.25) is 5.02 Å². The van der Waals surface area contributed by atoms with Crippen LogP contribution in [0, 0.1) is 10.1 Å². The normalized spacial score (nSPS) is 10.2. The van der Waals surface area contributed by atoms with Gasteiger partial charge in [-0.2, -0.15) is 0 Å². The van der Waals surface area contributed by atoms with Gasteiger partial charge in [-0.25, -0.2) is 0 Å². The highest BCUT2D eigenvalue weighted by Crippen LogP contribution is 2.27. The number of carbonyl (C=O) groups excluding carboxylic acids is 1. The lowest BCUT2D eigenvalue weighted by Crippen LogP contribution is -2.28. The number of anilines is 1. The number of nitro groups is 1. The molecule has 0 heterocycles. The maximum absolute atomic E-state index is 11.9. The summed E-state index contributed by atoms with van der Waals surface area (Å²) in [5.74, 6) is -0.228. The molecule has 8 heteroatoms. The summed E-state index contributed by atoms with van der Waals surface area (Å²) in [6.45, 7) is 0.691. The molecule has 0 spiro atoms. The first-order chi connectivity index (χ1) is 11.0. The Hall–Kier alpha value is -2.12. The Bertz CT molecular complexity index is 722. The zero-order valence-electron chi connectivity index (χ0n) is 11.9. The van der Waals surface area contributed by atoms with E-state index in [-0.39, 0.29) is 11.6 Å². The van der Waals surface area contributed by atoms with Gasteiger partial charge in [-0.3, -0.25) is 14.9 Å². The zero-order chi connectivity index (χ0) is 16.8. The fraction of sp³-hybridized carbons (Fsp3) is 0.133. The molecule has 2 aromatic carbocycles. The molecule has 0 aliphatic carbocycles. The summed E-state index contributed by atoms with van der Waals surface area (Å²) in [6, 6.07) is 11.3. The second-order valence-electron chi connectivity index (χ2n) is 4.61. The van der Waals surface area contributed by atoms with Crippen molar-refractivity contribution in [2.75, 3.05) is 18.4 Å². The summed E-state index contributed by atoms with van der Waals surface area (Å²) < 4.78 is 0.630. The van der Waals surface area contributed by atoms with Gasteiger partial charge in [-0.05, 0) is 36.4 Å². The fourth-order valence-corrected chi connectivity index (χ4v) is 2.36. The highest BCUT2D eigenvalue weighted by atomic mass is 79.9. The molecule has 0 saturated carbocycles. The Balaban J connectivity index is 1.87. The third-order valence-corrected chi connectivity index (χ3v) is 3.73. The number of halogens is 2. The van der Waals surface area contributed by atoms with Gasteiger partial charge >= 0.3 is 0 Å². The van der Waals surface area contributed by atoms with Crippen molar-refractivity contribution in [2.45, 2.75) is 0 Å². The molecule has 1 amide bonds. The van der Waals surface area contributed by atoms with Crippen molar-refractivity contribution in [3.63, 3.8) is 0 Å². The summed E-state index contributed by atoms with van der Waals surface area (Å²) in [7, 11) is 0. The van der Waals surface area contributed by atoms with Gasteiger partial charge in [0, 0.05) is 34.2 Å². The summed E-state index contributed by atoms with van der Waals surface area (Å²) >= 11 is 8.96. The molecule has 0 saturated heterocycles. The zero-order valence-corrected chi connectivity index (χ0v) is 14.2. The van der Waals surface area contributed by atoms with Crippen LogP contribution in [0.15, 0.2) is 46.9 Å². The average Bonchev–Trinajstić information content (AvgIpc) is 2.53. The minimum absolute atomic E-state index is 0.0246. The Morgan fingerprint density at radius 1 is 1.17 bits per heavy atom. The number of nitro benzene ring substituents is 1. The van der Waals surface area contributed by atoms with Crippen LogP contribution < -0.4 is 10.6 Å². The molecule has 2 rings (SSSR count). The maximum atomic E-state index is 11.9. The summed E-state index contributed by atoms with van der Waals surface area (Å²) in [5, 5.41) is 17.2. The first-order valence-corrected chi connectivity index (χ1v) is 7.86. The number of amides is 1. The molecule has 2 aromatic rings. The van der Waals surface area contributed by atoms with Gasteiger partial charge in [-0.15, -0.1) is 0 Å². The number of carbonyl (C=O) groups is 1. The lowest BCUT2D eigenvalue weighted by Gasteiger charge is -2.09. The monoisotopic (exact) mass is 397 g/mol. The van der Waals surface area contributed by atoms with Crippen LogP contribution in [0.3, 0.4) is 0 Å². The number of nitrogens with one attached hydrogen (secondary N) is 2. The number of hydrogen-bond acceptors (Lipinski definition) is 4. The van der Waals surface area contributed by atoms with Crippen LogP contribution in [-0.2, 0) is 0 Å². The van der Waals surface area contributed by atoms with Crippen molar-refractivity contribution in [3.8, 4) is 0 Å². The first kappa shape index (κ1) is 17.2. The van der Waals surface area contributed by atoms with Crippen LogP contribution in [-0.4, -0.2) is 23.9 Å². The standard InChI is InChI=1S/C15H13BrClN3O3/c16-11-3-6-13(14(9-11)20(22)23)18-7-8-19-15(21)10-1-4-12(17)5-2-10/h1-6,9,18H,7-8H2,(H,19,21). The molecule has 120 valence electrons. The highest BCUT2D eigenvalue weighted by Gasteiger charge is 2.13. The topological polar surface area (TPSA) is 84.3 Å². The predicted octanol–water partition coefficient (Wildman–Crippen LogP) is 3.85. The van der Waals surface area contributed by atoms with Crippen molar-refractivity contribution in [3.05, 3.63) is 67.6 Å². The van der Waals surface area contributed by atoms with Gasteiger partial charge in [0.2, 0.25) is 0 Å². The van der Waals surface area contributed by atoms with E-state index in [0.29, 0.717) is 33.8 Å². The third-order valence-electron chi connectivity index (χ3n) is 2.99. The van der Waals surface area contributed by atoms with E-state index in [4.69, 9.17) is 11.6 Å². The predicted molar refractivity (Wildman–Crippen MR) is 93.1 cm³/mol. The SMILES string of the molecule is O=C(NCCNc1ccc(Br)cc1[N+](=O)[O-])c1ccc(Cl)cc1. The van der Waals surface area contributed by atoms with Gasteiger partial charge in [0.05, 0.1) is 4.92 Å². The molecule has 2 N–H and O–H groups in total. The molecule has 23 heavy (non-hydrogen) atoms. The average molecular weight is 399 g/mol. The van der Waals surface area contributed by atoms with Crippen molar-refractivity contribution in [1.82, 2.24) is 5.32 Å². The molecule has 0 aliphatic rings. The maximum Gasteiger partial charge on any atom is 0.293 e. The Kier molecular flexibility index (Phi) is 5.95. The molecule has 0 atom stereocenters. The van der Waals surface area contributed by atoms with E-state index in [0.717, 1.165) is 0 Å². The van der Waals surface area contributed by atoms with Crippen LogP contribution in [0.25, 0.3) is 0 Å². The van der Waals surface area contributed by atoms with E-state index in [1.807, 2.05) is 0 Å². The molecule has 0 fully saturated rings. The third kappa shape index (κ3) is 4.94. The van der Waals surface area contributed by atoms with Crippen molar-refractivity contribution in [1.29, 1.82) is 0 Å². The van der Waals surface area contributed by atoms with Crippen LogP contribution >= 0.6 is 27.5 Å². The van der Waals surface area contributed by atoms with Gasteiger partial charge in [-0.1, -0.05) is 27.5 Å². The molecule has 0 unspecified atom stereocenters. The van der Waals surface area contributed by atoms with Crippen LogP contribution in [0.1, 0.15) is 10.4 Å². The summed E-state index contributed by atoms with van der Waals surface area (Å²) in [6.07, 6.45) is 0. The lowest BCUT2D eigenvalue weighted by atomic mass is 10.2. The second-order valence-corrected chi connectivity index (χ2v) is 5.96. The molecule has 0 bridgehead atoms. The van der Waals surface area contributed by atoms with Crippen molar-refractivity contribution in [2.24, 2.45) is 0 Å². The Labute approximate surface area is 146 Å². The molecular formula is C15H13BrClN3O3. The van der Waals surface area contributed by atoms with Gasteiger partial charge in [0.1, 0.15) is 5.69 Å². The summed E-state index contributed by atoms with van der Waals surface area (Å²) in [4.78, 5) is 22.4. The van der Waals surface area contributed by atoms with E-state index in [9.17, 15) is 14.9 Å². The van der Waals surface area contributed by atoms with Crippen LogP contribution in [0.5, 0.6) is 0 Å². The Morgan fingerprint density at radius 2 is 1.87 bits per heavy atom. The van der Waals surface area contributed by atoms with Crippen molar-refractivity contribution >= 4 is 44.8 Å². The highest BCUT2D eigenvalue weighted by molar-refractivity contribution is 9.10. The quantitative estimate of drug-likeness (QED) is 0.440.